The minimum absolute atomic E-state index is 0.0167. The molecule has 1 saturated heterocycles. The van der Waals surface area contributed by atoms with Crippen LogP contribution in [0.15, 0.2) is 30.3 Å². The Morgan fingerprint density at radius 2 is 2.17 bits per heavy atom. The third-order valence-corrected chi connectivity index (χ3v) is 3.23. The van der Waals surface area contributed by atoms with Crippen LogP contribution in [0.3, 0.4) is 0 Å². The van der Waals surface area contributed by atoms with Crippen molar-refractivity contribution in [3.63, 3.8) is 0 Å². The molecule has 1 aromatic rings. The molecule has 2 N–H and O–H groups in total. The zero-order valence-corrected chi connectivity index (χ0v) is 10.5. The molecule has 0 bridgehead atoms. The van der Waals surface area contributed by atoms with E-state index in [1.807, 2.05) is 30.3 Å². The van der Waals surface area contributed by atoms with Crippen LogP contribution >= 0.6 is 0 Å². The van der Waals surface area contributed by atoms with Crippen molar-refractivity contribution in [1.29, 1.82) is 0 Å². The van der Waals surface area contributed by atoms with E-state index in [9.17, 15) is 4.79 Å². The molecule has 0 aromatic heterocycles. The van der Waals surface area contributed by atoms with E-state index in [4.69, 9.17) is 10.5 Å². The van der Waals surface area contributed by atoms with Gasteiger partial charge in [-0.25, -0.2) is 0 Å². The van der Waals surface area contributed by atoms with Gasteiger partial charge in [0.25, 0.3) is 0 Å². The van der Waals surface area contributed by atoms with Gasteiger partial charge in [0.05, 0.1) is 19.3 Å². The Bertz CT molecular complexity index is 381. The Kier molecular flexibility index (Phi) is 4.73. The molecule has 1 fully saturated rings. The van der Waals surface area contributed by atoms with Crippen LogP contribution in [0.1, 0.15) is 18.4 Å². The summed E-state index contributed by atoms with van der Waals surface area (Å²) in [5.41, 5.74) is 6.55. The highest BCUT2D eigenvalue weighted by atomic mass is 16.5. The number of piperidine rings is 1. The molecule has 1 heterocycles. The van der Waals surface area contributed by atoms with Gasteiger partial charge in [-0.05, 0) is 18.4 Å². The average Bonchev–Trinajstić information content (AvgIpc) is 2.45. The molecule has 0 spiro atoms. The van der Waals surface area contributed by atoms with Gasteiger partial charge < -0.3 is 15.4 Å². The summed E-state index contributed by atoms with van der Waals surface area (Å²) in [4.78, 5) is 13.3. The molecule has 1 aromatic carbocycles. The molecular weight excluding hydrogens is 228 g/mol. The summed E-state index contributed by atoms with van der Waals surface area (Å²) in [6.07, 6.45) is 2.14. The normalized spacial score (nSPS) is 19.8. The van der Waals surface area contributed by atoms with Gasteiger partial charge in [0.1, 0.15) is 0 Å². The summed E-state index contributed by atoms with van der Waals surface area (Å²) in [6.45, 7) is 2.17. The predicted molar refractivity (Wildman–Crippen MR) is 69.9 cm³/mol. The number of likely N-dealkylation sites (tertiary alicyclic amines) is 1. The lowest BCUT2D eigenvalue weighted by molar-refractivity contribution is -0.134. The molecule has 18 heavy (non-hydrogen) atoms. The van der Waals surface area contributed by atoms with E-state index in [0.717, 1.165) is 19.4 Å². The van der Waals surface area contributed by atoms with Gasteiger partial charge in [0, 0.05) is 13.1 Å². The maximum atomic E-state index is 11.5. The van der Waals surface area contributed by atoms with Crippen LogP contribution in [-0.2, 0) is 16.1 Å². The maximum Gasteiger partial charge on any atom is 0.236 e. The van der Waals surface area contributed by atoms with Crippen LogP contribution in [-0.4, -0.2) is 36.5 Å². The van der Waals surface area contributed by atoms with E-state index in [1.54, 1.807) is 4.90 Å². The first-order chi connectivity index (χ1) is 8.79. The third kappa shape index (κ3) is 3.55. The number of hydrogen-bond acceptors (Lipinski definition) is 3. The monoisotopic (exact) mass is 248 g/mol. The fraction of sp³-hybridized carbons (Fsp3) is 0.500. The lowest BCUT2D eigenvalue weighted by Gasteiger charge is -2.32. The van der Waals surface area contributed by atoms with Gasteiger partial charge in [-0.15, -0.1) is 0 Å². The van der Waals surface area contributed by atoms with Crippen LogP contribution in [0.2, 0.25) is 0 Å². The molecule has 1 unspecified atom stereocenters. The minimum Gasteiger partial charge on any atom is -0.372 e. The number of nitrogens with two attached hydrogens (primary N) is 1. The quantitative estimate of drug-likeness (QED) is 0.869. The lowest BCUT2D eigenvalue weighted by Crippen LogP contribution is -2.45. The molecule has 0 radical (unpaired) electrons. The summed E-state index contributed by atoms with van der Waals surface area (Å²) >= 11 is 0. The van der Waals surface area contributed by atoms with Crippen LogP contribution in [0, 0.1) is 0 Å². The summed E-state index contributed by atoms with van der Waals surface area (Å²) in [5.74, 6) is 0.0167. The number of benzene rings is 1. The van der Waals surface area contributed by atoms with E-state index in [1.165, 1.54) is 5.56 Å². The second-order valence-corrected chi connectivity index (χ2v) is 4.60. The highest BCUT2D eigenvalue weighted by molar-refractivity contribution is 5.78. The number of carbonyl (C=O) groups is 1. The number of nitrogens with zero attached hydrogens (tertiary/aromatic N) is 1. The molecule has 2 rings (SSSR count). The Balaban J connectivity index is 1.81. The van der Waals surface area contributed by atoms with Crippen molar-refractivity contribution in [2.24, 2.45) is 5.73 Å². The number of ether oxygens (including phenoxy) is 1. The Morgan fingerprint density at radius 3 is 2.89 bits per heavy atom. The number of hydrogen-bond donors (Lipinski definition) is 1. The molecule has 4 nitrogen and oxygen atoms in total. The van der Waals surface area contributed by atoms with E-state index in [0.29, 0.717) is 13.2 Å². The van der Waals surface area contributed by atoms with Crippen LogP contribution < -0.4 is 5.73 Å². The van der Waals surface area contributed by atoms with Crippen molar-refractivity contribution in [2.45, 2.75) is 25.6 Å². The third-order valence-electron chi connectivity index (χ3n) is 3.23. The van der Waals surface area contributed by atoms with Crippen LogP contribution in [0.25, 0.3) is 0 Å². The first kappa shape index (κ1) is 13.1. The number of rotatable bonds is 4. The summed E-state index contributed by atoms with van der Waals surface area (Å²) < 4.78 is 5.86. The number of carbonyl (C=O) groups excluding carboxylic acids is 1. The molecule has 4 heteroatoms. The summed E-state index contributed by atoms with van der Waals surface area (Å²) in [7, 11) is 0. The van der Waals surface area contributed by atoms with Gasteiger partial charge in [-0.2, -0.15) is 0 Å². The maximum absolute atomic E-state index is 11.5. The average molecular weight is 248 g/mol. The van der Waals surface area contributed by atoms with Gasteiger partial charge in [0.2, 0.25) is 5.91 Å². The van der Waals surface area contributed by atoms with Crippen molar-refractivity contribution >= 4 is 5.91 Å². The minimum atomic E-state index is 0.0167. The van der Waals surface area contributed by atoms with E-state index >= 15 is 0 Å². The first-order valence-corrected chi connectivity index (χ1v) is 6.43. The zero-order chi connectivity index (χ0) is 12.8. The standard InChI is InChI=1S/C14H20N2O2/c15-9-14(17)16-8-4-7-13(10-16)18-11-12-5-2-1-3-6-12/h1-3,5-6,13H,4,7-11,15H2. The van der Waals surface area contributed by atoms with Crippen molar-refractivity contribution in [3.8, 4) is 0 Å². The van der Waals surface area contributed by atoms with Gasteiger partial charge in [-0.1, -0.05) is 30.3 Å². The molecule has 1 atom stereocenters. The Morgan fingerprint density at radius 1 is 1.39 bits per heavy atom. The molecule has 0 aliphatic carbocycles. The van der Waals surface area contributed by atoms with E-state index in [2.05, 4.69) is 0 Å². The first-order valence-electron chi connectivity index (χ1n) is 6.43. The van der Waals surface area contributed by atoms with Crippen LogP contribution in [0.5, 0.6) is 0 Å². The van der Waals surface area contributed by atoms with E-state index in [-0.39, 0.29) is 18.6 Å². The molecular formula is C14H20N2O2. The largest absolute Gasteiger partial charge is 0.372 e. The van der Waals surface area contributed by atoms with E-state index < -0.39 is 0 Å². The van der Waals surface area contributed by atoms with Gasteiger partial charge in [0.15, 0.2) is 0 Å². The predicted octanol–water partition coefficient (Wildman–Crippen LogP) is 1.15. The number of amides is 1. The molecule has 0 saturated carbocycles. The summed E-state index contributed by atoms with van der Waals surface area (Å²) in [6, 6.07) is 10.1. The van der Waals surface area contributed by atoms with Gasteiger partial charge >= 0.3 is 0 Å². The SMILES string of the molecule is NCC(=O)N1CCCC(OCc2ccccc2)C1. The summed E-state index contributed by atoms with van der Waals surface area (Å²) in [5, 5.41) is 0. The molecule has 1 aliphatic heterocycles. The Hall–Kier alpha value is -1.39. The fourth-order valence-corrected chi connectivity index (χ4v) is 2.22. The van der Waals surface area contributed by atoms with Crippen molar-refractivity contribution < 1.29 is 9.53 Å². The second kappa shape index (κ2) is 6.52. The van der Waals surface area contributed by atoms with Gasteiger partial charge in [-0.3, -0.25) is 4.79 Å². The lowest BCUT2D eigenvalue weighted by atomic mass is 10.1. The van der Waals surface area contributed by atoms with Crippen molar-refractivity contribution in [1.82, 2.24) is 4.90 Å². The highest BCUT2D eigenvalue weighted by Crippen LogP contribution is 2.15. The molecule has 1 aliphatic rings. The molecule has 1 amide bonds. The second-order valence-electron chi connectivity index (χ2n) is 4.60. The smallest absolute Gasteiger partial charge is 0.236 e. The Labute approximate surface area is 108 Å². The highest BCUT2D eigenvalue weighted by Gasteiger charge is 2.23. The fourth-order valence-electron chi connectivity index (χ4n) is 2.22. The van der Waals surface area contributed by atoms with Crippen LogP contribution in [0.4, 0.5) is 0 Å². The molecule has 98 valence electrons. The topological polar surface area (TPSA) is 55.6 Å². The van der Waals surface area contributed by atoms with Crippen molar-refractivity contribution in [3.05, 3.63) is 35.9 Å². The van der Waals surface area contributed by atoms with Crippen molar-refractivity contribution in [2.75, 3.05) is 19.6 Å². The zero-order valence-electron chi connectivity index (χ0n) is 10.5.